The number of nitrogens with zero attached hydrogens (tertiary/aromatic N) is 1. The minimum absolute atomic E-state index is 0.487. The van der Waals surface area contributed by atoms with Crippen LogP contribution in [0.4, 0.5) is 11.4 Å². The first-order chi connectivity index (χ1) is 9.22. The minimum Gasteiger partial charge on any atom is -0.486 e. The quantitative estimate of drug-likeness (QED) is 0.793. The lowest BCUT2D eigenvalue weighted by molar-refractivity contribution is 0.172. The first kappa shape index (κ1) is 12.4. The summed E-state index contributed by atoms with van der Waals surface area (Å²) in [4.78, 5) is 2.35. The largest absolute Gasteiger partial charge is 0.486 e. The zero-order valence-corrected chi connectivity index (χ0v) is 11.3. The highest BCUT2D eigenvalue weighted by Gasteiger charge is 2.19. The van der Waals surface area contributed by atoms with Crippen LogP contribution in [0.3, 0.4) is 0 Å². The van der Waals surface area contributed by atoms with E-state index in [1.54, 1.807) is 0 Å². The van der Waals surface area contributed by atoms with E-state index in [4.69, 9.17) is 15.2 Å². The van der Waals surface area contributed by atoms with Crippen molar-refractivity contribution >= 4 is 11.4 Å². The molecule has 0 aliphatic carbocycles. The Bertz CT molecular complexity index is 456. The number of rotatable bonds is 2. The molecule has 3 rings (SSSR count). The minimum atomic E-state index is 0.487. The Hall–Kier alpha value is -1.62. The van der Waals surface area contributed by atoms with Gasteiger partial charge in [-0.15, -0.1) is 0 Å². The first-order valence-corrected chi connectivity index (χ1v) is 6.86. The average Bonchev–Trinajstić information content (AvgIpc) is 2.42. The Morgan fingerprint density at radius 2 is 1.79 bits per heavy atom. The smallest absolute Gasteiger partial charge is 0.163 e. The number of likely N-dealkylation sites (tertiary alicyclic amines) is 1. The molecule has 104 valence electrons. The number of benzene rings is 1. The number of fused-ring (bicyclic) bond motifs is 1. The summed E-state index contributed by atoms with van der Waals surface area (Å²) in [5, 5.41) is 3.53. The fraction of sp³-hybridized carbons (Fsp3) is 0.571. The third kappa shape index (κ3) is 2.71. The van der Waals surface area contributed by atoms with Gasteiger partial charge in [0, 0.05) is 18.2 Å². The second-order valence-electron chi connectivity index (χ2n) is 5.31. The molecule has 5 nitrogen and oxygen atoms in total. The number of nitrogen functional groups attached to an aromatic ring is 1. The predicted octanol–water partition coefficient (Wildman–Crippen LogP) is 1.55. The molecular formula is C14H21N3O2. The van der Waals surface area contributed by atoms with Crippen LogP contribution in [0.2, 0.25) is 0 Å². The molecule has 2 aliphatic rings. The molecule has 0 atom stereocenters. The van der Waals surface area contributed by atoms with Crippen molar-refractivity contribution in [2.75, 3.05) is 44.4 Å². The molecule has 0 bridgehead atoms. The van der Waals surface area contributed by atoms with Crippen LogP contribution in [0.15, 0.2) is 12.1 Å². The van der Waals surface area contributed by atoms with Gasteiger partial charge in [-0.05, 0) is 33.0 Å². The van der Waals surface area contributed by atoms with Crippen molar-refractivity contribution in [1.29, 1.82) is 0 Å². The number of nitrogens with one attached hydrogen (secondary N) is 1. The SMILES string of the molecule is CN1CCC(Nc2cc3c(cc2N)OCCO3)CC1. The van der Waals surface area contributed by atoms with Crippen molar-refractivity contribution < 1.29 is 9.47 Å². The summed E-state index contributed by atoms with van der Waals surface area (Å²) in [6.07, 6.45) is 2.29. The zero-order chi connectivity index (χ0) is 13.2. The van der Waals surface area contributed by atoms with Gasteiger partial charge in [0.25, 0.3) is 0 Å². The lowest BCUT2D eigenvalue weighted by atomic mass is 10.0. The third-order valence-electron chi connectivity index (χ3n) is 3.79. The molecule has 0 unspecified atom stereocenters. The van der Waals surface area contributed by atoms with Crippen LogP contribution >= 0.6 is 0 Å². The van der Waals surface area contributed by atoms with Crippen molar-refractivity contribution in [2.45, 2.75) is 18.9 Å². The molecule has 0 aromatic heterocycles. The lowest BCUT2D eigenvalue weighted by Gasteiger charge is -2.31. The number of hydrogen-bond acceptors (Lipinski definition) is 5. The average molecular weight is 263 g/mol. The van der Waals surface area contributed by atoms with Crippen molar-refractivity contribution in [1.82, 2.24) is 4.90 Å². The van der Waals surface area contributed by atoms with Gasteiger partial charge in [-0.3, -0.25) is 0 Å². The topological polar surface area (TPSA) is 59.8 Å². The van der Waals surface area contributed by atoms with Crippen molar-refractivity contribution in [3.63, 3.8) is 0 Å². The van der Waals surface area contributed by atoms with Crippen molar-refractivity contribution in [2.24, 2.45) is 0 Å². The van der Waals surface area contributed by atoms with Gasteiger partial charge < -0.3 is 25.4 Å². The number of ether oxygens (including phenoxy) is 2. The maximum atomic E-state index is 6.08. The fourth-order valence-corrected chi connectivity index (χ4v) is 2.60. The van der Waals surface area contributed by atoms with Gasteiger partial charge in [-0.25, -0.2) is 0 Å². The van der Waals surface area contributed by atoms with E-state index in [-0.39, 0.29) is 0 Å². The highest BCUT2D eigenvalue weighted by atomic mass is 16.6. The van der Waals surface area contributed by atoms with E-state index < -0.39 is 0 Å². The maximum Gasteiger partial charge on any atom is 0.163 e. The van der Waals surface area contributed by atoms with E-state index in [0.717, 1.165) is 48.8 Å². The number of hydrogen-bond donors (Lipinski definition) is 2. The first-order valence-electron chi connectivity index (χ1n) is 6.86. The van der Waals surface area contributed by atoms with Crippen LogP contribution in [0.1, 0.15) is 12.8 Å². The Morgan fingerprint density at radius 3 is 2.47 bits per heavy atom. The third-order valence-corrected chi connectivity index (χ3v) is 3.79. The molecule has 1 fully saturated rings. The molecule has 3 N–H and O–H groups in total. The highest BCUT2D eigenvalue weighted by Crippen LogP contribution is 2.37. The molecule has 0 amide bonds. The van der Waals surface area contributed by atoms with Crippen molar-refractivity contribution in [3.05, 3.63) is 12.1 Å². The van der Waals surface area contributed by atoms with Crippen LogP contribution < -0.4 is 20.5 Å². The highest BCUT2D eigenvalue weighted by molar-refractivity contribution is 5.72. The molecule has 1 saturated heterocycles. The Labute approximate surface area is 113 Å². The van der Waals surface area contributed by atoms with Crippen LogP contribution in [0.5, 0.6) is 11.5 Å². The molecule has 0 radical (unpaired) electrons. The Morgan fingerprint density at radius 1 is 1.16 bits per heavy atom. The van der Waals surface area contributed by atoms with Crippen LogP contribution in [-0.4, -0.2) is 44.3 Å². The number of anilines is 2. The molecular weight excluding hydrogens is 242 g/mol. The van der Waals surface area contributed by atoms with E-state index in [2.05, 4.69) is 17.3 Å². The van der Waals surface area contributed by atoms with Crippen LogP contribution in [0.25, 0.3) is 0 Å². The van der Waals surface area contributed by atoms with E-state index in [1.807, 2.05) is 12.1 Å². The molecule has 2 heterocycles. The molecule has 1 aromatic carbocycles. The summed E-state index contributed by atoms with van der Waals surface area (Å²) in [7, 11) is 2.16. The zero-order valence-electron chi connectivity index (χ0n) is 11.3. The van der Waals surface area contributed by atoms with Gasteiger partial charge >= 0.3 is 0 Å². The van der Waals surface area contributed by atoms with Crippen LogP contribution in [-0.2, 0) is 0 Å². The number of piperidine rings is 1. The van der Waals surface area contributed by atoms with E-state index in [9.17, 15) is 0 Å². The lowest BCUT2D eigenvalue weighted by Crippen LogP contribution is -2.36. The van der Waals surface area contributed by atoms with Gasteiger partial charge in [0.05, 0.1) is 11.4 Å². The molecule has 2 aliphatic heterocycles. The maximum absolute atomic E-state index is 6.08. The number of nitrogens with two attached hydrogens (primary N) is 1. The monoisotopic (exact) mass is 263 g/mol. The molecule has 0 saturated carbocycles. The molecule has 19 heavy (non-hydrogen) atoms. The Balaban J connectivity index is 1.73. The van der Waals surface area contributed by atoms with E-state index in [0.29, 0.717) is 19.3 Å². The van der Waals surface area contributed by atoms with Crippen LogP contribution in [0, 0.1) is 0 Å². The molecule has 0 spiro atoms. The predicted molar refractivity (Wildman–Crippen MR) is 76.0 cm³/mol. The van der Waals surface area contributed by atoms with E-state index >= 15 is 0 Å². The van der Waals surface area contributed by atoms with E-state index in [1.165, 1.54) is 0 Å². The normalized spacial score (nSPS) is 20.3. The van der Waals surface area contributed by atoms with Gasteiger partial charge in [-0.1, -0.05) is 0 Å². The standard InChI is InChI=1S/C14H21N3O2/c1-17-4-2-10(3-5-17)16-12-9-14-13(8-11(12)15)18-6-7-19-14/h8-10,16H,2-7,15H2,1H3. The fourth-order valence-electron chi connectivity index (χ4n) is 2.60. The van der Waals surface area contributed by atoms with Gasteiger partial charge in [-0.2, -0.15) is 0 Å². The summed E-state index contributed by atoms with van der Waals surface area (Å²) < 4.78 is 11.1. The summed E-state index contributed by atoms with van der Waals surface area (Å²) in [5.41, 5.74) is 7.76. The molecule has 1 aromatic rings. The molecule has 5 heteroatoms. The summed E-state index contributed by atoms with van der Waals surface area (Å²) in [6, 6.07) is 4.30. The van der Waals surface area contributed by atoms with Gasteiger partial charge in [0.2, 0.25) is 0 Å². The summed E-state index contributed by atoms with van der Waals surface area (Å²) in [6.45, 7) is 3.45. The summed E-state index contributed by atoms with van der Waals surface area (Å²) in [5.74, 6) is 1.54. The second-order valence-corrected chi connectivity index (χ2v) is 5.31. The Kier molecular flexibility index (Phi) is 3.38. The van der Waals surface area contributed by atoms with Gasteiger partial charge in [0.1, 0.15) is 13.2 Å². The van der Waals surface area contributed by atoms with Gasteiger partial charge in [0.15, 0.2) is 11.5 Å². The summed E-state index contributed by atoms with van der Waals surface area (Å²) >= 11 is 0. The van der Waals surface area contributed by atoms with Crippen molar-refractivity contribution in [3.8, 4) is 11.5 Å². The second kappa shape index (κ2) is 5.17.